The molecule has 1 aromatic rings. The number of halogens is 1. The molecule has 2 atom stereocenters. The standard InChI is InChI=1S/C13H16BrNO2/c1-15-6-2-3-10(15)13-8-16-11-5-4-9(14)7-12(11)17-13/h4-5,7,10,13H,2-3,6,8H2,1H3/t10-,13+/m0/s1. The average Bonchev–Trinajstić information content (AvgIpc) is 2.74. The lowest BCUT2D eigenvalue weighted by Crippen LogP contribution is -2.45. The molecule has 1 fully saturated rings. The summed E-state index contributed by atoms with van der Waals surface area (Å²) in [7, 11) is 2.16. The Labute approximate surface area is 110 Å². The number of benzene rings is 1. The quantitative estimate of drug-likeness (QED) is 0.795. The first-order valence-electron chi connectivity index (χ1n) is 6.03. The second-order valence-electron chi connectivity index (χ2n) is 4.75. The molecule has 92 valence electrons. The van der Waals surface area contributed by atoms with Crippen LogP contribution in [0.25, 0.3) is 0 Å². The van der Waals surface area contributed by atoms with E-state index in [1.54, 1.807) is 0 Å². The zero-order valence-corrected chi connectivity index (χ0v) is 11.4. The van der Waals surface area contributed by atoms with Crippen LogP contribution in [-0.2, 0) is 0 Å². The number of hydrogen-bond acceptors (Lipinski definition) is 3. The van der Waals surface area contributed by atoms with Gasteiger partial charge >= 0.3 is 0 Å². The molecule has 4 heteroatoms. The normalized spacial score (nSPS) is 28.4. The Morgan fingerprint density at radius 1 is 1.35 bits per heavy atom. The number of rotatable bonds is 1. The van der Waals surface area contributed by atoms with E-state index in [1.165, 1.54) is 12.8 Å². The van der Waals surface area contributed by atoms with E-state index in [-0.39, 0.29) is 6.10 Å². The van der Waals surface area contributed by atoms with E-state index in [0.29, 0.717) is 12.6 Å². The van der Waals surface area contributed by atoms with Gasteiger partial charge in [0.25, 0.3) is 0 Å². The molecule has 3 rings (SSSR count). The summed E-state index contributed by atoms with van der Waals surface area (Å²) in [4.78, 5) is 2.37. The van der Waals surface area contributed by atoms with E-state index in [4.69, 9.17) is 9.47 Å². The zero-order valence-electron chi connectivity index (χ0n) is 9.86. The first-order chi connectivity index (χ1) is 8.24. The number of likely N-dealkylation sites (N-methyl/N-ethyl adjacent to an activating group) is 1. The molecule has 2 heterocycles. The highest BCUT2D eigenvalue weighted by atomic mass is 79.9. The zero-order chi connectivity index (χ0) is 11.8. The van der Waals surface area contributed by atoms with Gasteiger partial charge in [-0.2, -0.15) is 0 Å². The van der Waals surface area contributed by atoms with Gasteiger partial charge in [0, 0.05) is 10.5 Å². The number of hydrogen-bond donors (Lipinski definition) is 0. The van der Waals surface area contributed by atoms with Crippen molar-refractivity contribution in [2.45, 2.75) is 25.0 Å². The molecule has 2 aliphatic heterocycles. The second kappa shape index (κ2) is 4.50. The lowest BCUT2D eigenvalue weighted by molar-refractivity contribution is 0.0368. The van der Waals surface area contributed by atoms with E-state index < -0.39 is 0 Å². The van der Waals surface area contributed by atoms with E-state index in [1.807, 2.05) is 18.2 Å². The fraction of sp³-hybridized carbons (Fsp3) is 0.538. The smallest absolute Gasteiger partial charge is 0.163 e. The monoisotopic (exact) mass is 297 g/mol. The van der Waals surface area contributed by atoms with Gasteiger partial charge in [0.15, 0.2) is 11.5 Å². The van der Waals surface area contributed by atoms with Gasteiger partial charge in [0.1, 0.15) is 12.7 Å². The molecule has 17 heavy (non-hydrogen) atoms. The van der Waals surface area contributed by atoms with Gasteiger partial charge in [-0.05, 0) is 44.6 Å². The van der Waals surface area contributed by atoms with E-state index in [2.05, 4.69) is 27.9 Å². The summed E-state index contributed by atoms with van der Waals surface area (Å²) in [6, 6.07) is 6.40. The number of ether oxygens (including phenoxy) is 2. The Morgan fingerprint density at radius 2 is 2.24 bits per heavy atom. The maximum absolute atomic E-state index is 6.07. The third kappa shape index (κ3) is 2.16. The van der Waals surface area contributed by atoms with Crippen LogP contribution in [0.3, 0.4) is 0 Å². The van der Waals surface area contributed by atoms with Crippen molar-refractivity contribution < 1.29 is 9.47 Å². The van der Waals surface area contributed by atoms with E-state index >= 15 is 0 Å². The molecule has 0 aromatic heterocycles. The fourth-order valence-corrected chi connectivity index (χ4v) is 3.00. The summed E-state index contributed by atoms with van der Waals surface area (Å²) in [6.07, 6.45) is 2.62. The maximum Gasteiger partial charge on any atom is 0.163 e. The molecule has 0 spiro atoms. The Hall–Kier alpha value is -0.740. The van der Waals surface area contributed by atoms with Crippen molar-refractivity contribution in [2.24, 2.45) is 0 Å². The summed E-state index contributed by atoms with van der Waals surface area (Å²) >= 11 is 3.46. The van der Waals surface area contributed by atoms with Crippen LogP contribution >= 0.6 is 15.9 Å². The molecule has 2 aliphatic rings. The molecule has 3 nitrogen and oxygen atoms in total. The molecule has 0 bridgehead atoms. The van der Waals surface area contributed by atoms with Gasteiger partial charge in [0.2, 0.25) is 0 Å². The highest BCUT2D eigenvalue weighted by molar-refractivity contribution is 9.10. The highest BCUT2D eigenvalue weighted by Crippen LogP contribution is 2.36. The summed E-state index contributed by atoms with van der Waals surface area (Å²) in [5.74, 6) is 1.71. The number of fused-ring (bicyclic) bond motifs is 1. The van der Waals surface area contributed by atoms with Crippen molar-refractivity contribution >= 4 is 15.9 Å². The first kappa shape index (κ1) is 11.4. The fourth-order valence-electron chi connectivity index (χ4n) is 2.66. The van der Waals surface area contributed by atoms with Crippen LogP contribution in [0, 0.1) is 0 Å². The first-order valence-corrected chi connectivity index (χ1v) is 6.82. The Balaban J connectivity index is 1.80. The van der Waals surface area contributed by atoms with Crippen molar-refractivity contribution in [1.29, 1.82) is 0 Å². The number of nitrogens with zero attached hydrogens (tertiary/aromatic N) is 1. The van der Waals surface area contributed by atoms with Gasteiger partial charge in [-0.25, -0.2) is 0 Å². The minimum Gasteiger partial charge on any atom is -0.486 e. The molecule has 1 aromatic carbocycles. The van der Waals surface area contributed by atoms with Crippen molar-refractivity contribution in [3.8, 4) is 11.5 Å². The summed E-state index contributed by atoms with van der Waals surface area (Å²) in [5.41, 5.74) is 0. The van der Waals surface area contributed by atoms with E-state index in [0.717, 1.165) is 22.5 Å². The van der Waals surface area contributed by atoms with Crippen LogP contribution in [0.2, 0.25) is 0 Å². The maximum atomic E-state index is 6.07. The Morgan fingerprint density at radius 3 is 3.00 bits per heavy atom. The van der Waals surface area contributed by atoms with Gasteiger partial charge in [-0.1, -0.05) is 15.9 Å². The molecule has 0 saturated carbocycles. The minimum atomic E-state index is 0.157. The van der Waals surface area contributed by atoms with Crippen LogP contribution in [-0.4, -0.2) is 37.2 Å². The predicted octanol–water partition coefficient (Wildman–Crippen LogP) is 2.68. The third-order valence-electron chi connectivity index (χ3n) is 3.59. The van der Waals surface area contributed by atoms with Crippen LogP contribution in [0.4, 0.5) is 0 Å². The lowest BCUT2D eigenvalue weighted by atomic mass is 10.1. The third-order valence-corrected chi connectivity index (χ3v) is 4.09. The highest BCUT2D eigenvalue weighted by Gasteiger charge is 2.34. The van der Waals surface area contributed by atoms with Crippen molar-refractivity contribution in [2.75, 3.05) is 20.2 Å². The van der Waals surface area contributed by atoms with Crippen LogP contribution in [0.15, 0.2) is 22.7 Å². The second-order valence-corrected chi connectivity index (χ2v) is 5.66. The molecule has 1 saturated heterocycles. The number of likely N-dealkylation sites (tertiary alicyclic amines) is 1. The van der Waals surface area contributed by atoms with Crippen LogP contribution in [0.1, 0.15) is 12.8 Å². The van der Waals surface area contributed by atoms with Gasteiger partial charge in [0.05, 0.1) is 0 Å². The molecule has 0 radical (unpaired) electrons. The minimum absolute atomic E-state index is 0.157. The van der Waals surface area contributed by atoms with E-state index in [9.17, 15) is 0 Å². The average molecular weight is 298 g/mol. The largest absolute Gasteiger partial charge is 0.486 e. The predicted molar refractivity (Wildman–Crippen MR) is 69.7 cm³/mol. The molecule has 0 unspecified atom stereocenters. The molecule has 0 amide bonds. The van der Waals surface area contributed by atoms with Gasteiger partial charge in [-0.3, -0.25) is 4.90 Å². The lowest BCUT2D eigenvalue weighted by Gasteiger charge is -2.33. The summed E-state index contributed by atoms with van der Waals surface area (Å²) in [6.45, 7) is 1.82. The van der Waals surface area contributed by atoms with Crippen molar-refractivity contribution in [1.82, 2.24) is 4.90 Å². The summed E-state index contributed by atoms with van der Waals surface area (Å²) < 4.78 is 12.9. The van der Waals surface area contributed by atoms with Crippen LogP contribution in [0.5, 0.6) is 11.5 Å². The van der Waals surface area contributed by atoms with Crippen LogP contribution < -0.4 is 9.47 Å². The van der Waals surface area contributed by atoms with Crippen molar-refractivity contribution in [3.05, 3.63) is 22.7 Å². The summed E-state index contributed by atoms with van der Waals surface area (Å²) in [5, 5.41) is 0. The topological polar surface area (TPSA) is 21.7 Å². The van der Waals surface area contributed by atoms with Gasteiger partial charge < -0.3 is 9.47 Å². The molecular formula is C13H16BrNO2. The molecular weight excluding hydrogens is 282 g/mol. The SMILES string of the molecule is CN1CCC[C@H]1[C@H]1COc2ccc(Br)cc2O1. The molecule has 0 N–H and O–H groups in total. The Bertz CT molecular complexity index is 424. The molecule has 0 aliphatic carbocycles. The van der Waals surface area contributed by atoms with Gasteiger partial charge in [-0.15, -0.1) is 0 Å². The Kier molecular flexibility index (Phi) is 3.01. The van der Waals surface area contributed by atoms with Crippen molar-refractivity contribution in [3.63, 3.8) is 0 Å².